The predicted molar refractivity (Wildman–Crippen MR) is 65.5 cm³/mol. The predicted octanol–water partition coefficient (Wildman–Crippen LogP) is 3.40. The first-order valence-corrected chi connectivity index (χ1v) is 6.97. The van der Waals surface area contributed by atoms with Crippen LogP contribution in [-0.2, 0) is 9.47 Å². The number of rotatable bonds is 3. The second kappa shape index (κ2) is 6.02. The Hall–Kier alpha value is -0.0800. The molecule has 1 saturated carbocycles. The van der Waals surface area contributed by atoms with Gasteiger partial charge >= 0.3 is 0 Å². The lowest BCUT2D eigenvalue weighted by molar-refractivity contribution is -0.0586. The summed E-state index contributed by atoms with van der Waals surface area (Å²) in [6, 6.07) is 0. The second-order valence-electron chi connectivity index (χ2n) is 5.80. The molecule has 1 heterocycles. The molecule has 2 rings (SSSR count). The Kier molecular flexibility index (Phi) is 4.66. The van der Waals surface area contributed by atoms with Gasteiger partial charge in [0.2, 0.25) is 0 Å². The van der Waals surface area contributed by atoms with E-state index in [2.05, 4.69) is 13.8 Å². The van der Waals surface area contributed by atoms with Crippen molar-refractivity contribution in [1.82, 2.24) is 0 Å². The summed E-state index contributed by atoms with van der Waals surface area (Å²) in [6.45, 7) is 6.35. The largest absolute Gasteiger partial charge is 0.378 e. The van der Waals surface area contributed by atoms with E-state index in [4.69, 9.17) is 9.47 Å². The van der Waals surface area contributed by atoms with Gasteiger partial charge < -0.3 is 9.47 Å². The van der Waals surface area contributed by atoms with Crippen molar-refractivity contribution in [2.75, 3.05) is 13.2 Å². The third-order valence-corrected chi connectivity index (χ3v) is 4.13. The third kappa shape index (κ3) is 3.74. The molecule has 2 unspecified atom stereocenters. The van der Waals surface area contributed by atoms with Crippen LogP contribution < -0.4 is 0 Å². The molecule has 0 aromatic carbocycles. The minimum atomic E-state index is 0.465. The topological polar surface area (TPSA) is 18.5 Å². The van der Waals surface area contributed by atoms with Crippen molar-refractivity contribution in [3.05, 3.63) is 0 Å². The first-order valence-electron chi connectivity index (χ1n) is 6.97. The van der Waals surface area contributed by atoms with E-state index in [0.717, 1.165) is 19.1 Å². The van der Waals surface area contributed by atoms with Crippen LogP contribution >= 0.6 is 0 Å². The van der Waals surface area contributed by atoms with E-state index in [-0.39, 0.29) is 0 Å². The molecule has 2 nitrogen and oxygen atoms in total. The molecule has 0 spiro atoms. The first-order chi connectivity index (χ1) is 7.74. The molecule has 0 radical (unpaired) electrons. The molecule has 0 aromatic rings. The molecule has 2 aliphatic rings. The third-order valence-electron chi connectivity index (χ3n) is 4.13. The molecule has 2 atom stereocenters. The van der Waals surface area contributed by atoms with Crippen LogP contribution in [0, 0.1) is 11.8 Å². The summed E-state index contributed by atoms with van der Waals surface area (Å²) in [5.41, 5.74) is 0. The minimum absolute atomic E-state index is 0.465. The van der Waals surface area contributed by atoms with Gasteiger partial charge in [0.25, 0.3) is 0 Å². The molecule has 0 amide bonds. The Labute approximate surface area is 99.7 Å². The highest BCUT2D eigenvalue weighted by atomic mass is 16.5. The maximum Gasteiger partial charge on any atom is 0.0575 e. The second-order valence-corrected chi connectivity index (χ2v) is 5.80. The number of hydrogen-bond donors (Lipinski definition) is 0. The van der Waals surface area contributed by atoms with Crippen LogP contribution in [0.1, 0.15) is 52.4 Å². The highest BCUT2D eigenvalue weighted by Crippen LogP contribution is 2.27. The van der Waals surface area contributed by atoms with E-state index >= 15 is 0 Å². The lowest BCUT2D eigenvalue weighted by atomic mass is 9.89. The molecule has 0 bridgehead atoms. The van der Waals surface area contributed by atoms with Crippen molar-refractivity contribution in [3.8, 4) is 0 Å². The van der Waals surface area contributed by atoms with E-state index in [1.165, 1.54) is 38.5 Å². The summed E-state index contributed by atoms with van der Waals surface area (Å²) < 4.78 is 11.7. The Morgan fingerprint density at radius 1 is 1.00 bits per heavy atom. The smallest absolute Gasteiger partial charge is 0.0575 e. The maximum atomic E-state index is 6.03. The Morgan fingerprint density at radius 2 is 1.75 bits per heavy atom. The van der Waals surface area contributed by atoms with E-state index in [1.54, 1.807) is 0 Å². The summed E-state index contributed by atoms with van der Waals surface area (Å²) in [7, 11) is 0. The fourth-order valence-electron chi connectivity index (χ4n) is 2.74. The van der Waals surface area contributed by atoms with Crippen LogP contribution in [0.5, 0.6) is 0 Å². The zero-order valence-corrected chi connectivity index (χ0v) is 10.8. The van der Waals surface area contributed by atoms with Gasteiger partial charge in [0.15, 0.2) is 0 Å². The minimum Gasteiger partial charge on any atom is -0.378 e. The molecular formula is C14H26O2. The molecule has 0 N–H and O–H groups in total. The molecule has 1 aliphatic heterocycles. The summed E-state index contributed by atoms with van der Waals surface area (Å²) in [5, 5.41) is 0. The van der Waals surface area contributed by atoms with Crippen LogP contribution in [0.2, 0.25) is 0 Å². The van der Waals surface area contributed by atoms with Gasteiger partial charge in [-0.2, -0.15) is 0 Å². The van der Waals surface area contributed by atoms with Gasteiger partial charge in [-0.05, 0) is 51.4 Å². The average molecular weight is 226 g/mol. The summed E-state index contributed by atoms with van der Waals surface area (Å²) >= 11 is 0. The van der Waals surface area contributed by atoms with Gasteiger partial charge in [-0.1, -0.05) is 6.92 Å². The fraction of sp³-hybridized carbons (Fsp3) is 1.00. The van der Waals surface area contributed by atoms with Crippen molar-refractivity contribution < 1.29 is 9.47 Å². The molecule has 1 saturated heterocycles. The number of ether oxygens (including phenoxy) is 2. The lowest BCUT2D eigenvalue weighted by Crippen LogP contribution is -2.29. The van der Waals surface area contributed by atoms with Gasteiger partial charge in [0.1, 0.15) is 0 Å². The van der Waals surface area contributed by atoms with Gasteiger partial charge in [-0.3, -0.25) is 0 Å². The first kappa shape index (κ1) is 12.4. The van der Waals surface area contributed by atoms with Crippen molar-refractivity contribution in [3.63, 3.8) is 0 Å². The maximum absolute atomic E-state index is 6.03. The van der Waals surface area contributed by atoms with Crippen LogP contribution in [-0.4, -0.2) is 25.4 Å². The van der Waals surface area contributed by atoms with Gasteiger partial charge in [0.05, 0.1) is 25.4 Å². The van der Waals surface area contributed by atoms with Crippen molar-refractivity contribution >= 4 is 0 Å². The zero-order valence-electron chi connectivity index (χ0n) is 10.8. The highest BCUT2D eigenvalue weighted by molar-refractivity contribution is 4.72. The standard InChI is InChI=1S/C14H26O2/c1-11-3-7-14(8-4-11)16-10-13-6-5-12(2)15-9-13/h11-14H,3-10H2,1-2H3. The Balaban J connectivity index is 1.60. The van der Waals surface area contributed by atoms with Crippen molar-refractivity contribution in [1.29, 1.82) is 0 Å². The summed E-state index contributed by atoms with van der Waals surface area (Å²) in [4.78, 5) is 0. The fourth-order valence-corrected chi connectivity index (χ4v) is 2.74. The van der Waals surface area contributed by atoms with Gasteiger partial charge in [0, 0.05) is 5.92 Å². The Morgan fingerprint density at radius 3 is 2.38 bits per heavy atom. The van der Waals surface area contributed by atoms with Crippen LogP contribution in [0.15, 0.2) is 0 Å². The lowest BCUT2D eigenvalue weighted by Gasteiger charge is -2.30. The summed E-state index contributed by atoms with van der Waals surface area (Å²) in [6.07, 6.45) is 8.73. The number of hydrogen-bond acceptors (Lipinski definition) is 2. The monoisotopic (exact) mass is 226 g/mol. The molecule has 2 fully saturated rings. The summed E-state index contributed by atoms with van der Waals surface area (Å²) in [5.74, 6) is 1.56. The normalized spacial score (nSPS) is 40.9. The average Bonchev–Trinajstić information content (AvgIpc) is 2.30. The van der Waals surface area contributed by atoms with Crippen molar-refractivity contribution in [2.45, 2.75) is 64.6 Å². The molecular weight excluding hydrogens is 200 g/mol. The molecule has 2 heteroatoms. The van der Waals surface area contributed by atoms with Crippen LogP contribution in [0.25, 0.3) is 0 Å². The van der Waals surface area contributed by atoms with Crippen LogP contribution in [0.3, 0.4) is 0 Å². The highest BCUT2D eigenvalue weighted by Gasteiger charge is 2.22. The van der Waals surface area contributed by atoms with Crippen LogP contribution in [0.4, 0.5) is 0 Å². The van der Waals surface area contributed by atoms with Gasteiger partial charge in [-0.25, -0.2) is 0 Å². The van der Waals surface area contributed by atoms with Crippen molar-refractivity contribution in [2.24, 2.45) is 11.8 Å². The quantitative estimate of drug-likeness (QED) is 0.734. The Bertz CT molecular complexity index is 167. The van der Waals surface area contributed by atoms with E-state index < -0.39 is 0 Å². The zero-order chi connectivity index (χ0) is 11.4. The van der Waals surface area contributed by atoms with E-state index in [9.17, 15) is 0 Å². The van der Waals surface area contributed by atoms with Gasteiger partial charge in [-0.15, -0.1) is 0 Å². The van der Waals surface area contributed by atoms with E-state index in [0.29, 0.717) is 18.1 Å². The molecule has 0 aromatic heterocycles. The SMILES string of the molecule is CC1CCC(OCC2CCC(C)OC2)CC1. The van der Waals surface area contributed by atoms with E-state index in [1.807, 2.05) is 0 Å². The molecule has 1 aliphatic carbocycles. The molecule has 16 heavy (non-hydrogen) atoms. The molecule has 94 valence electrons.